The van der Waals surface area contributed by atoms with Gasteiger partial charge in [0, 0.05) is 24.5 Å². The Kier molecular flexibility index (Phi) is 5.94. The maximum absolute atomic E-state index is 15.0. The van der Waals surface area contributed by atoms with E-state index in [0.29, 0.717) is 17.8 Å². The van der Waals surface area contributed by atoms with Crippen molar-refractivity contribution in [2.75, 3.05) is 0 Å². The molecule has 0 saturated carbocycles. The van der Waals surface area contributed by atoms with Gasteiger partial charge in [0.2, 0.25) is 0 Å². The number of imidazole rings is 1. The van der Waals surface area contributed by atoms with Gasteiger partial charge >= 0.3 is 6.18 Å². The fraction of sp³-hybridized carbons (Fsp3) is 0.185. The zero-order valence-electron chi connectivity index (χ0n) is 19.0. The molecular weight excluding hydrogens is 480 g/mol. The van der Waals surface area contributed by atoms with Gasteiger partial charge in [0.1, 0.15) is 11.5 Å². The third kappa shape index (κ3) is 4.53. The number of pyridine rings is 1. The fourth-order valence-electron chi connectivity index (χ4n) is 4.26. The Hall–Kier alpha value is -3.88. The second kappa shape index (κ2) is 8.96. The highest BCUT2D eigenvalue weighted by Gasteiger charge is 2.37. The summed E-state index contributed by atoms with van der Waals surface area (Å²) in [6.07, 6.45) is 1.80. The molecule has 0 N–H and O–H groups in total. The number of fused-ring (bicyclic) bond motifs is 1. The number of rotatable bonds is 4. The predicted octanol–water partition coefficient (Wildman–Crippen LogP) is 7.43. The molecule has 36 heavy (non-hydrogen) atoms. The van der Waals surface area contributed by atoms with Gasteiger partial charge in [-0.3, -0.25) is 0 Å². The quantitative estimate of drug-likeness (QED) is 0.274. The van der Waals surface area contributed by atoms with Crippen LogP contribution in [0.2, 0.25) is 0 Å². The first-order valence-electron chi connectivity index (χ1n) is 11.2. The topological polar surface area (TPSA) is 30.7 Å². The first-order chi connectivity index (χ1) is 17.1. The maximum Gasteiger partial charge on any atom is 0.416 e. The lowest BCUT2D eigenvalue weighted by molar-refractivity contribution is -0.0877. The zero-order chi connectivity index (χ0) is 25.6. The van der Waals surface area contributed by atoms with Crippen LogP contribution in [-0.2, 0) is 6.54 Å². The van der Waals surface area contributed by atoms with Crippen molar-refractivity contribution in [1.29, 1.82) is 0 Å². The largest absolute Gasteiger partial charge is 0.416 e. The Morgan fingerprint density at radius 3 is 2.50 bits per heavy atom. The first-order valence-corrected chi connectivity index (χ1v) is 11.2. The minimum Gasteiger partial charge on any atom is -0.347 e. The van der Waals surface area contributed by atoms with Crippen LogP contribution < -0.4 is 0 Å². The Bertz CT molecular complexity index is 1480. The van der Waals surface area contributed by atoms with Crippen molar-refractivity contribution in [1.82, 2.24) is 14.5 Å². The lowest BCUT2D eigenvalue weighted by atomic mass is 9.87. The van der Waals surface area contributed by atoms with E-state index in [1.807, 2.05) is 0 Å². The molecule has 9 heteroatoms. The van der Waals surface area contributed by atoms with Gasteiger partial charge in [-0.2, -0.15) is 13.2 Å². The molecule has 0 fully saturated rings. The number of alkyl halides is 3. The maximum atomic E-state index is 15.0. The van der Waals surface area contributed by atoms with E-state index in [0.717, 1.165) is 12.1 Å². The monoisotopic (exact) mass is 499 g/mol. The highest BCUT2D eigenvalue weighted by Crippen LogP contribution is 2.41. The molecule has 0 aromatic heterocycles. The van der Waals surface area contributed by atoms with E-state index in [9.17, 15) is 26.3 Å². The number of hydrogen-bond donors (Lipinski definition) is 0. The molecule has 2 heterocycles. The van der Waals surface area contributed by atoms with E-state index in [2.05, 4.69) is 9.97 Å². The molecule has 2 aromatic rings. The van der Waals surface area contributed by atoms with Crippen LogP contribution in [-0.4, -0.2) is 20.7 Å². The molecule has 3 aliphatic rings. The Balaban J connectivity index is 1.42. The summed E-state index contributed by atoms with van der Waals surface area (Å²) in [7, 11) is 0. The zero-order valence-corrected chi connectivity index (χ0v) is 19.0. The van der Waals surface area contributed by atoms with E-state index in [1.165, 1.54) is 36.4 Å². The predicted molar refractivity (Wildman–Crippen MR) is 123 cm³/mol. The lowest BCUT2D eigenvalue weighted by Gasteiger charge is -2.22. The summed E-state index contributed by atoms with van der Waals surface area (Å²) in [4.78, 5) is 8.51. The summed E-state index contributed by atoms with van der Waals surface area (Å²) in [5.41, 5.74) is 0.424. The highest BCUT2D eigenvalue weighted by atomic mass is 19.4. The minimum absolute atomic E-state index is 0.0238. The van der Waals surface area contributed by atoms with E-state index in [4.69, 9.17) is 0 Å². The molecule has 5 rings (SSSR count). The molecular formula is C27H19F6N3. The molecule has 2 aliphatic heterocycles. The molecule has 0 saturated heterocycles. The van der Waals surface area contributed by atoms with E-state index in [-0.39, 0.29) is 40.6 Å². The van der Waals surface area contributed by atoms with Crippen molar-refractivity contribution in [3.8, 4) is 22.8 Å². The standard InChI is InChI=1S/C27H19F6N3/c1-15-5-8-18(20(11-15)27(31,32)33)16-6-7-17(22(29)12-16)13-36-10-9-23-24(14-36)35-26(34-23)19-3-2-4-21(28)25(19)30/h2-4,6-12,14-15H,5,13H2,1H3. The van der Waals surface area contributed by atoms with Crippen molar-refractivity contribution in [2.45, 2.75) is 26.1 Å². The van der Waals surface area contributed by atoms with Crippen LogP contribution in [0.1, 0.15) is 24.5 Å². The molecule has 1 atom stereocenters. The third-order valence-electron chi connectivity index (χ3n) is 6.08. The van der Waals surface area contributed by atoms with Crippen molar-refractivity contribution >= 4 is 5.57 Å². The van der Waals surface area contributed by atoms with E-state index >= 15 is 0 Å². The molecule has 0 spiro atoms. The van der Waals surface area contributed by atoms with Crippen LogP contribution >= 0.6 is 0 Å². The van der Waals surface area contributed by atoms with Crippen LogP contribution in [0, 0.1) is 23.4 Å². The van der Waals surface area contributed by atoms with Crippen molar-refractivity contribution in [3.63, 3.8) is 0 Å². The molecule has 1 aliphatic carbocycles. The van der Waals surface area contributed by atoms with Crippen molar-refractivity contribution in [3.05, 3.63) is 101 Å². The molecule has 3 nitrogen and oxygen atoms in total. The smallest absolute Gasteiger partial charge is 0.347 e. The molecule has 0 amide bonds. The normalized spacial score (nSPS) is 16.2. The van der Waals surface area contributed by atoms with E-state index in [1.54, 1.807) is 30.0 Å². The van der Waals surface area contributed by atoms with Crippen molar-refractivity contribution in [2.24, 2.45) is 5.92 Å². The van der Waals surface area contributed by atoms with Gasteiger partial charge in [0.25, 0.3) is 0 Å². The number of aromatic nitrogens is 3. The second-order valence-corrected chi connectivity index (χ2v) is 8.75. The second-order valence-electron chi connectivity index (χ2n) is 8.75. The minimum atomic E-state index is -4.53. The summed E-state index contributed by atoms with van der Waals surface area (Å²) in [6.45, 7) is 1.78. The van der Waals surface area contributed by atoms with Gasteiger partial charge in [-0.25, -0.2) is 23.1 Å². The summed E-state index contributed by atoms with van der Waals surface area (Å²) >= 11 is 0. The molecule has 2 aromatic carbocycles. The Morgan fingerprint density at radius 2 is 1.75 bits per heavy atom. The number of hydrogen-bond acceptors (Lipinski definition) is 2. The van der Waals surface area contributed by atoms with E-state index < -0.39 is 29.2 Å². The van der Waals surface area contributed by atoms with Gasteiger partial charge in [0.15, 0.2) is 17.5 Å². The summed E-state index contributed by atoms with van der Waals surface area (Å²) in [5.74, 6) is -2.92. The number of allylic oxidation sites excluding steroid dienone is 4. The third-order valence-corrected chi connectivity index (χ3v) is 6.08. The molecule has 0 radical (unpaired) electrons. The van der Waals surface area contributed by atoms with Gasteiger partial charge in [-0.05, 0) is 47.7 Å². The van der Waals surface area contributed by atoms with Crippen LogP contribution in [0.5, 0.6) is 0 Å². The highest BCUT2D eigenvalue weighted by molar-refractivity contribution is 5.81. The molecule has 0 bridgehead atoms. The number of benzene rings is 2. The number of halogens is 6. The van der Waals surface area contributed by atoms with Crippen molar-refractivity contribution < 1.29 is 26.3 Å². The summed E-state index contributed by atoms with van der Waals surface area (Å²) in [6, 6.07) is 9.40. The van der Waals surface area contributed by atoms with Gasteiger partial charge in [0.05, 0.1) is 16.8 Å². The number of nitrogens with zero attached hydrogens (tertiary/aromatic N) is 3. The first kappa shape index (κ1) is 23.8. The Labute approximate surface area is 202 Å². The summed E-state index contributed by atoms with van der Waals surface area (Å²) in [5, 5.41) is 0. The lowest BCUT2D eigenvalue weighted by Crippen LogP contribution is -2.17. The van der Waals surface area contributed by atoms with Crippen LogP contribution in [0.15, 0.2) is 72.6 Å². The van der Waals surface area contributed by atoms with Crippen LogP contribution in [0.25, 0.3) is 28.3 Å². The fourth-order valence-corrected chi connectivity index (χ4v) is 4.26. The summed E-state index contributed by atoms with van der Waals surface area (Å²) < 4.78 is 84.9. The molecule has 1 unspecified atom stereocenters. The molecule has 184 valence electrons. The van der Waals surface area contributed by atoms with Crippen LogP contribution in [0.4, 0.5) is 26.3 Å². The Morgan fingerprint density at radius 1 is 0.972 bits per heavy atom. The van der Waals surface area contributed by atoms with Gasteiger partial charge in [-0.15, -0.1) is 0 Å². The van der Waals surface area contributed by atoms with Crippen LogP contribution in [0.3, 0.4) is 0 Å². The SMILES string of the molecule is CC1C=C(C(F)(F)F)C(c2ccc(Cn3ccc4nc(-c5cccc(F)c5F)nc-4c3)c(F)c2)=CC1. The van der Waals surface area contributed by atoms with Gasteiger partial charge < -0.3 is 4.57 Å². The average molecular weight is 499 g/mol. The average Bonchev–Trinajstić information content (AvgIpc) is 3.25. The van der Waals surface area contributed by atoms with Gasteiger partial charge in [-0.1, -0.05) is 37.3 Å².